The van der Waals surface area contributed by atoms with Crippen LogP contribution in [0.3, 0.4) is 0 Å². The lowest BCUT2D eigenvalue weighted by Crippen LogP contribution is -2.17. The van der Waals surface area contributed by atoms with Gasteiger partial charge in [-0.25, -0.2) is 13.2 Å². The van der Waals surface area contributed by atoms with Gasteiger partial charge in [0.15, 0.2) is 0 Å². The molecule has 0 atom stereocenters. The van der Waals surface area contributed by atoms with E-state index in [0.717, 1.165) is 18.2 Å². The van der Waals surface area contributed by atoms with Crippen molar-refractivity contribution in [2.24, 2.45) is 0 Å². The topological polar surface area (TPSA) is 93.7 Å². The van der Waals surface area contributed by atoms with Crippen LogP contribution in [-0.4, -0.2) is 27.7 Å². The molecule has 0 fully saturated rings. The van der Waals surface area contributed by atoms with Gasteiger partial charge < -0.3 is 9.47 Å². The molecule has 0 aliphatic carbocycles. The molecule has 11 heteroatoms. The summed E-state index contributed by atoms with van der Waals surface area (Å²) >= 11 is 0. The molecule has 0 saturated carbocycles. The first-order valence-electron chi connectivity index (χ1n) is 8.47. The van der Waals surface area contributed by atoms with E-state index < -0.39 is 27.9 Å². The predicted octanol–water partition coefficient (Wildman–Crippen LogP) is 4.47. The molecule has 0 aliphatic rings. The summed E-state index contributed by atoms with van der Waals surface area (Å²) in [4.78, 5) is 11.4. The third kappa shape index (κ3) is 6.01. The zero-order valence-electron chi connectivity index (χ0n) is 15.5. The normalized spacial score (nSPS) is 11.6. The highest BCUT2D eigenvalue weighted by Gasteiger charge is 2.30. The Balaban J connectivity index is 2.35. The number of nitrogens with one attached hydrogen (secondary N) is 2. The quantitative estimate of drug-likeness (QED) is 0.673. The van der Waals surface area contributed by atoms with Crippen LogP contribution in [-0.2, 0) is 20.9 Å². The first-order chi connectivity index (χ1) is 13.6. The van der Waals surface area contributed by atoms with Gasteiger partial charge in [0.1, 0.15) is 5.75 Å². The number of hydrogen-bond acceptors (Lipinski definition) is 5. The van der Waals surface area contributed by atoms with Gasteiger partial charge >= 0.3 is 12.3 Å². The maximum absolute atomic E-state index is 12.8. The van der Waals surface area contributed by atoms with Crippen LogP contribution >= 0.6 is 0 Å². The van der Waals surface area contributed by atoms with Gasteiger partial charge in [-0.1, -0.05) is 6.07 Å². The molecule has 0 saturated heterocycles. The van der Waals surface area contributed by atoms with Crippen LogP contribution in [0.2, 0.25) is 0 Å². The summed E-state index contributed by atoms with van der Waals surface area (Å²) in [5.41, 5.74) is -1.21. The average molecular weight is 432 g/mol. The van der Waals surface area contributed by atoms with Gasteiger partial charge in [-0.05, 0) is 50.2 Å². The molecule has 0 aliphatic heterocycles. The maximum Gasteiger partial charge on any atom is 0.416 e. The van der Waals surface area contributed by atoms with Gasteiger partial charge in [-0.3, -0.25) is 10.0 Å². The van der Waals surface area contributed by atoms with Gasteiger partial charge in [0.2, 0.25) is 0 Å². The largest absolute Gasteiger partial charge is 0.492 e. The van der Waals surface area contributed by atoms with Crippen molar-refractivity contribution in [1.29, 1.82) is 0 Å². The molecule has 2 aromatic rings. The highest BCUT2D eigenvalue weighted by molar-refractivity contribution is 7.92. The Bertz CT molecular complexity index is 978. The molecule has 158 valence electrons. The number of alkyl halides is 3. The van der Waals surface area contributed by atoms with Crippen molar-refractivity contribution in [3.8, 4) is 5.75 Å². The number of amides is 1. The fourth-order valence-corrected chi connectivity index (χ4v) is 3.38. The Kier molecular flexibility index (Phi) is 6.96. The number of carbonyl (C=O) groups is 1. The van der Waals surface area contributed by atoms with E-state index in [1.54, 1.807) is 13.8 Å². The zero-order valence-corrected chi connectivity index (χ0v) is 16.4. The van der Waals surface area contributed by atoms with Gasteiger partial charge in [-0.2, -0.15) is 13.2 Å². The lowest BCUT2D eigenvalue weighted by atomic mass is 10.2. The van der Waals surface area contributed by atoms with Crippen molar-refractivity contribution in [2.75, 3.05) is 23.3 Å². The molecule has 0 radical (unpaired) electrons. The summed E-state index contributed by atoms with van der Waals surface area (Å²) in [6.07, 6.45) is -5.43. The van der Waals surface area contributed by atoms with Crippen LogP contribution in [0.4, 0.5) is 29.3 Å². The van der Waals surface area contributed by atoms with Gasteiger partial charge in [0, 0.05) is 5.69 Å². The summed E-state index contributed by atoms with van der Waals surface area (Å²) in [5, 5.41) is 2.37. The molecule has 1 amide bonds. The predicted molar refractivity (Wildman–Crippen MR) is 101 cm³/mol. The van der Waals surface area contributed by atoms with Crippen LogP contribution in [0.5, 0.6) is 5.75 Å². The lowest BCUT2D eigenvalue weighted by Gasteiger charge is -2.15. The minimum atomic E-state index is -4.61. The van der Waals surface area contributed by atoms with Crippen molar-refractivity contribution >= 4 is 27.5 Å². The average Bonchev–Trinajstić information content (AvgIpc) is 2.62. The molecular formula is C18H19F3N2O5S. The number of rotatable bonds is 7. The first-order valence-corrected chi connectivity index (χ1v) is 9.96. The Morgan fingerprint density at radius 3 is 2.41 bits per heavy atom. The second-order valence-electron chi connectivity index (χ2n) is 5.62. The van der Waals surface area contributed by atoms with E-state index in [0.29, 0.717) is 6.07 Å². The van der Waals surface area contributed by atoms with E-state index in [-0.39, 0.29) is 35.2 Å². The molecule has 0 heterocycles. The van der Waals surface area contributed by atoms with E-state index in [1.807, 2.05) is 0 Å². The number of halogens is 3. The second kappa shape index (κ2) is 9.03. The molecule has 2 N–H and O–H groups in total. The Morgan fingerprint density at radius 1 is 1.07 bits per heavy atom. The van der Waals surface area contributed by atoms with E-state index in [9.17, 15) is 26.4 Å². The summed E-state index contributed by atoms with van der Waals surface area (Å²) in [7, 11) is -4.24. The number of benzene rings is 2. The number of ether oxygens (including phenoxy) is 2. The van der Waals surface area contributed by atoms with E-state index in [1.165, 1.54) is 18.2 Å². The van der Waals surface area contributed by atoms with E-state index >= 15 is 0 Å². The highest BCUT2D eigenvalue weighted by Crippen LogP contribution is 2.32. The summed E-state index contributed by atoms with van der Waals surface area (Å²) < 4.78 is 75.9. The molecular weight excluding hydrogens is 413 g/mol. The van der Waals surface area contributed by atoms with Gasteiger partial charge in [0.25, 0.3) is 10.0 Å². The third-order valence-corrected chi connectivity index (χ3v) is 4.89. The van der Waals surface area contributed by atoms with Crippen LogP contribution in [0.1, 0.15) is 19.4 Å². The molecule has 0 bridgehead atoms. The van der Waals surface area contributed by atoms with Crippen LogP contribution in [0.25, 0.3) is 0 Å². The molecule has 0 unspecified atom stereocenters. The van der Waals surface area contributed by atoms with Crippen molar-refractivity contribution in [3.05, 3.63) is 48.0 Å². The van der Waals surface area contributed by atoms with Crippen LogP contribution in [0.15, 0.2) is 47.4 Å². The van der Waals surface area contributed by atoms with Crippen LogP contribution < -0.4 is 14.8 Å². The standard InChI is InChI=1S/C18H19F3N2O5S/c1-3-27-16-9-8-14(11-15(16)22-17(24)28-4-2)29(25,26)23-13-7-5-6-12(10-13)18(19,20)21/h5-11,23H,3-4H2,1-2H3,(H,22,24). The second-order valence-corrected chi connectivity index (χ2v) is 7.30. The SMILES string of the molecule is CCOC(=O)Nc1cc(S(=O)(=O)Nc2cccc(C(F)(F)F)c2)ccc1OCC. The number of sulfonamides is 1. The van der Waals surface area contributed by atoms with E-state index in [4.69, 9.17) is 9.47 Å². The Labute approximate surface area is 165 Å². The number of hydrogen-bond donors (Lipinski definition) is 2. The molecule has 0 spiro atoms. The van der Waals surface area contributed by atoms with Crippen molar-refractivity contribution in [3.63, 3.8) is 0 Å². The molecule has 2 rings (SSSR count). The lowest BCUT2D eigenvalue weighted by molar-refractivity contribution is -0.137. The summed E-state index contributed by atoms with van der Waals surface area (Å²) in [6.45, 7) is 3.66. The first kappa shape index (κ1) is 22.3. The number of anilines is 2. The van der Waals surface area contributed by atoms with Crippen molar-refractivity contribution in [1.82, 2.24) is 0 Å². The highest BCUT2D eigenvalue weighted by atomic mass is 32.2. The Hall–Kier alpha value is -2.95. The van der Waals surface area contributed by atoms with E-state index in [2.05, 4.69) is 10.0 Å². The minimum Gasteiger partial charge on any atom is -0.492 e. The van der Waals surface area contributed by atoms with Gasteiger partial charge in [-0.15, -0.1) is 0 Å². The monoisotopic (exact) mass is 432 g/mol. The summed E-state index contributed by atoms with van der Waals surface area (Å²) in [6, 6.07) is 7.45. The fourth-order valence-electron chi connectivity index (χ4n) is 2.31. The zero-order chi connectivity index (χ0) is 21.7. The van der Waals surface area contributed by atoms with Crippen molar-refractivity contribution < 1.29 is 35.9 Å². The molecule has 7 nitrogen and oxygen atoms in total. The van der Waals surface area contributed by atoms with Gasteiger partial charge in [0.05, 0.1) is 29.4 Å². The molecule has 0 aromatic heterocycles. The maximum atomic E-state index is 12.8. The minimum absolute atomic E-state index is 0.0391. The third-order valence-electron chi connectivity index (χ3n) is 3.52. The number of carbonyl (C=O) groups excluding carboxylic acids is 1. The Morgan fingerprint density at radius 2 is 1.79 bits per heavy atom. The molecule has 2 aromatic carbocycles. The molecule has 29 heavy (non-hydrogen) atoms. The van der Waals surface area contributed by atoms with Crippen LogP contribution in [0, 0.1) is 0 Å². The fraction of sp³-hybridized carbons (Fsp3) is 0.278. The smallest absolute Gasteiger partial charge is 0.416 e. The summed E-state index contributed by atoms with van der Waals surface area (Å²) in [5.74, 6) is 0.207. The van der Waals surface area contributed by atoms with Crippen molar-refractivity contribution in [2.45, 2.75) is 24.9 Å².